The molecular weight excluding hydrogens is 728 g/mol. The van der Waals surface area contributed by atoms with Crippen molar-refractivity contribution in [3.8, 4) is 5.75 Å². The molecule has 6 atom stereocenters. The molecule has 0 aromatic heterocycles. The molecule has 14 N–H and O–H groups in total. The maximum atomic E-state index is 14.0. The first kappa shape index (κ1) is 46.9. The largest absolute Gasteiger partial charge is 0.508 e. The van der Waals surface area contributed by atoms with Crippen LogP contribution in [-0.4, -0.2) is 118 Å². The van der Waals surface area contributed by atoms with Gasteiger partial charge in [0.05, 0.1) is 19.1 Å². The van der Waals surface area contributed by atoms with Gasteiger partial charge in [-0.2, -0.15) is 0 Å². The lowest BCUT2D eigenvalue weighted by molar-refractivity contribution is -0.142. The second kappa shape index (κ2) is 22.9. The van der Waals surface area contributed by atoms with E-state index >= 15 is 0 Å². The molecule has 1 fully saturated rings. The van der Waals surface area contributed by atoms with Crippen molar-refractivity contribution in [1.29, 1.82) is 0 Å². The summed E-state index contributed by atoms with van der Waals surface area (Å²) in [4.78, 5) is 97.8. The van der Waals surface area contributed by atoms with Gasteiger partial charge in [0.15, 0.2) is 11.7 Å². The quantitative estimate of drug-likeness (QED) is 0.0244. The highest BCUT2D eigenvalue weighted by Gasteiger charge is 2.39. The summed E-state index contributed by atoms with van der Waals surface area (Å²) in [6, 6.07) is -0.984. The number of nitrogens with zero attached hydrogens (tertiary/aromatic N) is 2. The highest BCUT2D eigenvalue weighted by atomic mass is 16.3. The SMILES string of the molecule is CC(C)C[C@H](NC(=O)[C@@H](CC(C)C)NC(=O)[C@H](Cc1ccc(O)cc1)NC(=O)[C@@H](N)CO)C(=O)N[C@@H](CCCN=C(N)N)C(=O)N1CCC[C@H]1C(=O)CC(N)=O. The van der Waals surface area contributed by atoms with Gasteiger partial charge in [-0.05, 0) is 68.1 Å². The Labute approximate surface area is 327 Å². The molecule has 1 aromatic rings. The standard InChI is InChI=1S/C37H60N10O9/c1-20(2)15-26(33(53)43-25(7-5-13-42-37(40)41)36(56)47-14-6-8-29(47)30(50)18-31(39)51)45-34(54)27(16-21(3)4)46-35(55)28(44-32(52)24(38)19-48)17-22-9-11-23(49)12-10-22/h9-12,20-21,24-29,48-49H,5-8,13-19,38H2,1-4H3,(H2,39,51)(H,43,53)(H,44,52)(H,45,54)(H,46,55)(H4,40,41,42)/t24-,25-,26-,27+,28-,29-/m0/s1. The molecule has 1 heterocycles. The van der Waals surface area contributed by atoms with Gasteiger partial charge in [0, 0.05) is 19.5 Å². The van der Waals surface area contributed by atoms with Gasteiger partial charge in [-0.1, -0.05) is 39.8 Å². The molecule has 19 nitrogen and oxygen atoms in total. The van der Waals surface area contributed by atoms with Crippen LogP contribution in [0.2, 0.25) is 0 Å². The summed E-state index contributed by atoms with van der Waals surface area (Å²) in [5.74, 6) is -5.18. The van der Waals surface area contributed by atoms with Gasteiger partial charge < -0.3 is 59.3 Å². The minimum Gasteiger partial charge on any atom is -0.508 e. The number of nitrogens with two attached hydrogens (primary N) is 4. The first-order valence-corrected chi connectivity index (χ1v) is 18.9. The Kier molecular flexibility index (Phi) is 19.2. The molecule has 0 spiro atoms. The predicted molar refractivity (Wildman–Crippen MR) is 207 cm³/mol. The summed E-state index contributed by atoms with van der Waals surface area (Å²) in [6.07, 6.45) is 0.894. The number of rotatable bonds is 23. The molecular formula is C37H60N10O9. The normalized spacial score (nSPS) is 16.6. The van der Waals surface area contributed by atoms with E-state index in [-0.39, 0.29) is 68.7 Å². The summed E-state index contributed by atoms with van der Waals surface area (Å²) < 4.78 is 0. The Balaban J connectivity index is 2.36. The number of amides is 6. The van der Waals surface area contributed by atoms with Crippen molar-refractivity contribution < 1.29 is 43.8 Å². The molecule has 0 radical (unpaired) electrons. The number of carbonyl (C=O) groups excluding carboxylic acids is 7. The van der Waals surface area contributed by atoms with E-state index in [1.807, 2.05) is 27.7 Å². The molecule has 1 aliphatic heterocycles. The number of ketones is 1. The van der Waals surface area contributed by atoms with Gasteiger partial charge in [-0.15, -0.1) is 0 Å². The lowest BCUT2D eigenvalue weighted by atomic mass is 9.98. The van der Waals surface area contributed by atoms with Crippen molar-refractivity contribution in [3.05, 3.63) is 29.8 Å². The minimum atomic E-state index is -1.32. The maximum absolute atomic E-state index is 14.0. The summed E-state index contributed by atoms with van der Waals surface area (Å²) in [5, 5.41) is 29.8. The third-order valence-electron chi connectivity index (χ3n) is 9.04. The number of phenols is 1. The molecule has 1 aromatic carbocycles. The fourth-order valence-corrected chi connectivity index (χ4v) is 6.28. The average Bonchev–Trinajstić information content (AvgIpc) is 3.62. The van der Waals surface area contributed by atoms with Crippen LogP contribution >= 0.6 is 0 Å². The van der Waals surface area contributed by atoms with E-state index in [1.54, 1.807) is 12.1 Å². The molecule has 0 aliphatic carbocycles. The van der Waals surface area contributed by atoms with E-state index in [9.17, 15) is 43.8 Å². The van der Waals surface area contributed by atoms with Crippen molar-refractivity contribution in [2.75, 3.05) is 19.7 Å². The van der Waals surface area contributed by atoms with Crippen LogP contribution in [0, 0.1) is 11.8 Å². The van der Waals surface area contributed by atoms with Crippen molar-refractivity contribution in [2.45, 2.75) is 115 Å². The van der Waals surface area contributed by atoms with Crippen LogP contribution in [0.15, 0.2) is 29.3 Å². The number of aromatic hydroxyl groups is 1. The fourth-order valence-electron chi connectivity index (χ4n) is 6.28. The second-order valence-electron chi connectivity index (χ2n) is 14.9. The highest BCUT2D eigenvalue weighted by molar-refractivity contribution is 6.02. The number of likely N-dealkylation sites (tertiary alicyclic amines) is 1. The maximum Gasteiger partial charge on any atom is 0.245 e. The third kappa shape index (κ3) is 15.8. The van der Waals surface area contributed by atoms with Crippen LogP contribution in [0.1, 0.15) is 78.2 Å². The molecule has 6 amide bonds. The Morgan fingerprint density at radius 3 is 1.82 bits per heavy atom. The van der Waals surface area contributed by atoms with Gasteiger partial charge in [0.25, 0.3) is 0 Å². The Bertz CT molecular complexity index is 1550. The number of aliphatic imine (C=N–C) groups is 1. The van der Waals surface area contributed by atoms with Crippen LogP contribution < -0.4 is 44.2 Å². The molecule has 1 aliphatic rings. The van der Waals surface area contributed by atoms with Gasteiger partial charge in [-0.25, -0.2) is 0 Å². The second-order valence-corrected chi connectivity index (χ2v) is 14.9. The minimum absolute atomic E-state index is 0.00748. The summed E-state index contributed by atoms with van der Waals surface area (Å²) >= 11 is 0. The van der Waals surface area contributed by atoms with Gasteiger partial charge >= 0.3 is 0 Å². The van der Waals surface area contributed by atoms with Crippen LogP contribution in [-0.2, 0) is 40.0 Å². The molecule has 1 saturated heterocycles. The van der Waals surface area contributed by atoms with E-state index in [4.69, 9.17) is 22.9 Å². The number of Topliss-reactive ketones (excluding diaryl/α,β-unsaturated/α-hetero) is 1. The number of aliphatic hydroxyl groups excluding tert-OH is 1. The number of guanidine groups is 1. The van der Waals surface area contributed by atoms with E-state index in [2.05, 4.69) is 26.3 Å². The Morgan fingerprint density at radius 1 is 0.804 bits per heavy atom. The number of hydrogen-bond donors (Lipinski definition) is 10. The fraction of sp³-hybridized carbons (Fsp3) is 0.622. The predicted octanol–water partition coefficient (Wildman–Crippen LogP) is -2.23. The lowest BCUT2D eigenvalue weighted by Crippen LogP contribution is -2.60. The number of aliphatic hydroxyl groups is 1. The monoisotopic (exact) mass is 788 g/mol. The van der Waals surface area contributed by atoms with E-state index < -0.39 is 90.5 Å². The number of nitrogens with one attached hydrogen (secondary N) is 4. The molecule has 56 heavy (non-hydrogen) atoms. The first-order valence-electron chi connectivity index (χ1n) is 18.9. The molecule has 0 unspecified atom stereocenters. The smallest absolute Gasteiger partial charge is 0.245 e. The van der Waals surface area contributed by atoms with Crippen molar-refractivity contribution in [3.63, 3.8) is 0 Å². The van der Waals surface area contributed by atoms with Crippen LogP contribution in [0.25, 0.3) is 0 Å². The zero-order chi connectivity index (χ0) is 42.1. The Morgan fingerprint density at radius 2 is 1.32 bits per heavy atom. The van der Waals surface area contributed by atoms with Crippen LogP contribution in [0.4, 0.5) is 0 Å². The highest BCUT2D eigenvalue weighted by Crippen LogP contribution is 2.22. The average molecular weight is 789 g/mol. The van der Waals surface area contributed by atoms with Crippen molar-refractivity contribution in [1.82, 2.24) is 26.2 Å². The Hall–Kier alpha value is -5.30. The molecule has 0 bridgehead atoms. The zero-order valence-electron chi connectivity index (χ0n) is 32.7. The number of benzene rings is 1. The molecule has 0 saturated carbocycles. The topological polar surface area (TPSA) is 328 Å². The summed E-state index contributed by atoms with van der Waals surface area (Å²) in [6.45, 7) is 7.03. The number of phenolic OH excluding ortho intramolecular Hbond substituents is 1. The first-order chi connectivity index (χ1) is 26.3. The van der Waals surface area contributed by atoms with Crippen LogP contribution in [0.3, 0.4) is 0 Å². The summed E-state index contributed by atoms with van der Waals surface area (Å²) in [5.41, 5.74) is 22.4. The van der Waals surface area contributed by atoms with Crippen molar-refractivity contribution in [2.24, 2.45) is 39.8 Å². The molecule has 19 heteroatoms. The van der Waals surface area contributed by atoms with Crippen LogP contribution in [0.5, 0.6) is 5.75 Å². The lowest BCUT2D eigenvalue weighted by Gasteiger charge is -2.30. The summed E-state index contributed by atoms with van der Waals surface area (Å²) in [7, 11) is 0. The van der Waals surface area contributed by atoms with Gasteiger partial charge in [0.2, 0.25) is 35.4 Å². The van der Waals surface area contributed by atoms with E-state index in [1.165, 1.54) is 17.0 Å². The van der Waals surface area contributed by atoms with Gasteiger partial charge in [-0.3, -0.25) is 38.6 Å². The third-order valence-corrected chi connectivity index (χ3v) is 9.04. The zero-order valence-corrected chi connectivity index (χ0v) is 32.7. The van der Waals surface area contributed by atoms with Crippen molar-refractivity contribution >= 4 is 47.2 Å². The number of primary amides is 1. The van der Waals surface area contributed by atoms with E-state index in [0.29, 0.717) is 18.4 Å². The molecule has 312 valence electrons. The van der Waals surface area contributed by atoms with E-state index in [0.717, 1.165) is 0 Å². The number of carbonyl (C=O) groups is 7. The molecule has 2 rings (SSSR count). The van der Waals surface area contributed by atoms with Gasteiger partial charge in [0.1, 0.15) is 36.0 Å². The number of hydrogen-bond acceptors (Lipinski definition) is 11.